The lowest BCUT2D eigenvalue weighted by molar-refractivity contribution is -0.0445. The van der Waals surface area contributed by atoms with Crippen molar-refractivity contribution in [2.24, 2.45) is 0 Å². The van der Waals surface area contributed by atoms with Gasteiger partial charge in [0.25, 0.3) is 0 Å². The first-order valence-corrected chi connectivity index (χ1v) is 4.05. The van der Waals surface area contributed by atoms with Crippen molar-refractivity contribution in [2.45, 2.75) is 12.5 Å². The summed E-state index contributed by atoms with van der Waals surface area (Å²) in [4.78, 5) is 0. The third-order valence-electron chi connectivity index (χ3n) is 2.20. The quantitative estimate of drug-likeness (QED) is 0.774. The highest BCUT2D eigenvalue weighted by Gasteiger charge is 2.27. The van der Waals surface area contributed by atoms with E-state index in [1.165, 1.54) is 13.2 Å². The van der Waals surface area contributed by atoms with Crippen LogP contribution in [0.4, 0.5) is 4.39 Å². The van der Waals surface area contributed by atoms with Gasteiger partial charge in [0.2, 0.25) is 0 Å². The molecule has 0 saturated heterocycles. The molecule has 1 atom stereocenters. The molecule has 2 nitrogen and oxygen atoms in total. The third-order valence-corrected chi connectivity index (χ3v) is 2.20. The molecule has 0 heterocycles. The Labute approximate surface area is 77.0 Å². The number of benzene rings is 1. The number of rotatable bonds is 3. The van der Waals surface area contributed by atoms with Gasteiger partial charge in [0.1, 0.15) is 11.4 Å². The lowest BCUT2D eigenvalue weighted by Gasteiger charge is -2.26. The molecule has 1 N–H and O–H groups in total. The van der Waals surface area contributed by atoms with Gasteiger partial charge in [0.05, 0.1) is 6.61 Å². The number of methoxy groups -OCH3 is 1. The molecule has 0 aliphatic heterocycles. The summed E-state index contributed by atoms with van der Waals surface area (Å²) >= 11 is 0. The summed E-state index contributed by atoms with van der Waals surface area (Å²) in [5.41, 5.74) is -0.578. The van der Waals surface area contributed by atoms with Crippen LogP contribution in [0.3, 0.4) is 0 Å². The number of hydrogen-bond donors (Lipinski definition) is 1. The van der Waals surface area contributed by atoms with E-state index in [-0.39, 0.29) is 12.4 Å². The molecular formula is C10H13FO2. The molecule has 1 aromatic carbocycles. The van der Waals surface area contributed by atoms with Crippen molar-refractivity contribution in [3.8, 4) is 0 Å². The van der Waals surface area contributed by atoms with E-state index in [4.69, 9.17) is 9.84 Å². The molecule has 0 aromatic heterocycles. The second-order valence-corrected chi connectivity index (χ2v) is 3.07. The molecule has 0 bridgehead atoms. The molecular weight excluding hydrogens is 171 g/mol. The summed E-state index contributed by atoms with van der Waals surface area (Å²) in [5.74, 6) is -0.360. The molecule has 1 unspecified atom stereocenters. The van der Waals surface area contributed by atoms with Crippen LogP contribution in [-0.4, -0.2) is 18.8 Å². The van der Waals surface area contributed by atoms with Crippen molar-refractivity contribution in [2.75, 3.05) is 13.7 Å². The zero-order chi connectivity index (χ0) is 9.90. The fourth-order valence-electron chi connectivity index (χ4n) is 1.15. The maximum absolute atomic E-state index is 13.3. The summed E-state index contributed by atoms with van der Waals surface area (Å²) in [5, 5.41) is 9.07. The van der Waals surface area contributed by atoms with Crippen molar-refractivity contribution in [3.05, 3.63) is 35.6 Å². The fourth-order valence-corrected chi connectivity index (χ4v) is 1.15. The van der Waals surface area contributed by atoms with Gasteiger partial charge in [-0.15, -0.1) is 0 Å². The van der Waals surface area contributed by atoms with E-state index in [0.717, 1.165) is 0 Å². The van der Waals surface area contributed by atoms with Crippen molar-refractivity contribution in [3.63, 3.8) is 0 Å². The largest absolute Gasteiger partial charge is 0.393 e. The molecule has 0 aliphatic carbocycles. The topological polar surface area (TPSA) is 29.5 Å². The van der Waals surface area contributed by atoms with E-state index >= 15 is 0 Å². The molecule has 0 radical (unpaired) electrons. The van der Waals surface area contributed by atoms with Gasteiger partial charge in [-0.2, -0.15) is 0 Å². The van der Waals surface area contributed by atoms with Crippen LogP contribution in [0.25, 0.3) is 0 Å². The van der Waals surface area contributed by atoms with E-state index in [1.54, 1.807) is 25.1 Å². The summed E-state index contributed by atoms with van der Waals surface area (Å²) in [6.45, 7) is 1.40. The Morgan fingerprint density at radius 1 is 1.46 bits per heavy atom. The van der Waals surface area contributed by atoms with Gasteiger partial charge in [-0.25, -0.2) is 4.39 Å². The van der Waals surface area contributed by atoms with Gasteiger partial charge in [0.15, 0.2) is 0 Å². The van der Waals surface area contributed by atoms with Crippen molar-refractivity contribution >= 4 is 0 Å². The average Bonchev–Trinajstić information content (AvgIpc) is 2.17. The molecule has 0 saturated carbocycles. The third kappa shape index (κ3) is 1.87. The van der Waals surface area contributed by atoms with Crippen molar-refractivity contribution in [1.29, 1.82) is 0 Å². The predicted molar refractivity (Wildman–Crippen MR) is 47.8 cm³/mol. The Bertz CT molecular complexity index is 282. The average molecular weight is 184 g/mol. The summed E-state index contributed by atoms with van der Waals surface area (Å²) in [7, 11) is 1.45. The number of aliphatic hydroxyl groups is 1. The Kier molecular flexibility index (Phi) is 3.01. The first-order valence-electron chi connectivity index (χ1n) is 4.05. The van der Waals surface area contributed by atoms with E-state index < -0.39 is 5.60 Å². The highest BCUT2D eigenvalue weighted by Crippen LogP contribution is 2.25. The molecule has 1 aromatic rings. The molecule has 3 heteroatoms. The first kappa shape index (κ1) is 10.2. The Morgan fingerprint density at radius 2 is 2.08 bits per heavy atom. The Morgan fingerprint density at radius 3 is 2.54 bits per heavy atom. The number of hydrogen-bond acceptors (Lipinski definition) is 2. The Hall–Kier alpha value is -0.930. The first-order chi connectivity index (χ1) is 6.14. The zero-order valence-electron chi connectivity index (χ0n) is 7.75. The van der Waals surface area contributed by atoms with Crippen molar-refractivity contribution in [1.82, 2.24) is 0 Å². The second kappa shape index (κ2) is 3.85. The van der Waals surface area contributed by atoms with Crippen LogP contribution in [-0.2, 0) is 10.3 Å². The van der Waals surface area contributed by atoms with Crippen LogP contribution >= 0.6 is 0 Å². The molecule has 1 rings (SSSR count). The minimum Gasteiger partial charge on any atom is -0.393 e. The normalized spacial score (nSPS) is 15.4. The standard InChI is InChI=1S/C10H13FO2/c1-10(7-12,13-2)8-5-3-4-6-9(8)11/h3-6,12H,7H2,1-2H3. The van der Waals surface area contributed by atoms with Crippen LogP contribution in [0.1, 0.15) is 12.5 Å². The van der Waals surface area contributed by atoms with Gasteiger partial charge in [-0.3, -0.25) is 0 Å². The van der Waals surface area contributed by atoms with Crippen LogP contribution < -0.4 is 0 Å². The van der Waals surface area contributed by atoms with Gasteiger partial charge in [-0.05, 0) is 13.0 Å². The van der Waals surface area contributed by atoms with Crippen LogP contribution in [0.15, 0.2) is 24.3 Å². The number of aliphatic hydroxyl groups excluding tert-OH is 1. The van der Waals surface area contributed by atoms with Gasteiger partial charge in [-0.1, -0.05) is 18.2 Å². The minimum atomic E-state index is -0.953. The van der Waals surface area contributed by atoms with Crippen LogP contribution in [0.2, 0.25) is 0 Å². The highest BCUT2D eigenvalue weighted by atomic mass is 19.1. The Balaban J connectivity index is 3.12. The lowest BCUT2D eigenvalue weighted by atomic mass is 9.96. The summed E-state index contributed by atoms with van der Waals surface area (Å²) < 4.78 is 18.3. The van der Waals surface area contributed by atoms with E-state index in [1.807, 2.05) is 0 Å². The zero-order valence-corrected chi connectivity index (χ0v) is 7.75. The van der Waals surface area contributed by atoms with Gasteiger partial charge < -0.3 is 9.84 Å². The van der Waals surface area contributed by atoms with Gasteiger partial charge in [0, 0.05) is 12.7 Å². The van der Waals surface area contributed by atoms with E-state index in [0.29, 0.717) is 5.56 Å². The summed E-state index contributed by atoms with van der Waals surface area (Å²) in [6.07, 6.45) is 0. The molecule has 0 spiro atoms. The summed E-state index contributed by atoms with van der Waals surface area (Å²) in [6, 6.07) is 6.27. The SMILES string of the molecule is COC(C)(CO)c1ccccc1F. The van der Waals surface area contributed by atoms with E-state index in [9.17, 15) is 4.39 Å². The molecule has 0 aliphatic rings. The minimum absolute atomic E-state index is 0.246. The molecule has 72 valence electrons. The smallest absolute Gasteiger partial charge is 0.129 e. The molecule has 0 amide bonds. The van der Waals surface area contributed by atoms with Crippen LogP contribution in [0, 0.1) is 5.82 Å². The van der Waals surface area contributed by atoms with Crippen molar-refractivity contribution < 1.29 is 14.2 Å². The van der Waals surface area contributed by atoms with E-state index in [2.05, 4.69) is 0 Å². The number of ether oxygens (including phenoxy) is 1. The maximum atomic E-state index is 13.3. The highest BCUT2D eigenvalue weighted by molar-refractivity contribution is 5.23. The van der Waals surface area contributed by atoms with Crippen LogP contribution in [0.5, 0.6) is 0 Å². The fraction of sp³-hybridized carbons (Fsp3) is 0.400. The second-order valence-electron chi connectivity index (χ2n) is 3.07. The molecule has 13 heavy (non-hydrogen) atoms. The predicted octanol–water partition coefficient (Wildman–Crippen LogP) is 1.68. The monoisotopic (exact) mass is 184 g/mol. The molecule has 0 fully saturated rings. The van der Waals surface area contributed by atoms with Gasteiger partial charge >= 0.3 is 0 Å². The maximum Gasteiger partial charge on any atom is 0.129 e. The lowest BCUT2D eigenvalue weighted by Crippen LogP contribution is -2.29. The number of halogens is 1.